The predicted octanol–water partition coefficient (Wildman–Crippen LogP) is 3.29. The van der Waals surface area contributed by atoms with E-state index in [0.29, 0.717) is 0 Å². The van der Waals surface area contributed by atoms with Crippen LogP contribution in [0.25, 0.3) is 0 Å². The van der Waals surface area contributed by atoms with Crippen LogP contribution in [-0.2, 0) is 0 Å². The molecule has 0 aromatic heterocycles. The van der Waals surface area contributed by atoms with Gasteiger partial charge in [-0.3, -0.25) is 4.99 Å². The van der Waals surface area contributed by atoms with Gasteiger partial charge in [0.2, 0.25) is 0 Å². The van der Waals surface area contributed by atoms with E-state index in [4.69, 9.17) is 4.99 Å². The van der Waals surface area contributed by atoms with Gasteiger partial charge in [-0.25, -0.2) is 0 Å². The molecule has 1 saturated carbocycles. The second kappa shape index (κ2) is 3.81. The van der Waals surface area contributed by atoms with Crippen LogP contribution in [0.4, 0.5) is 0 Å². The third kappa shape index (κ3) is 1.66. The van der Waals surface area contributed by atoms with Gasteiger partial charge in [-0.15, -0.1) is 0 Å². The second-order valence-corrected chi connectivity index (χ2v) is 4.72. The van der Waals surface area contributed by atoms with E-state index in [1.165, 1.54) is 37.8 Å². The molecule has 0 amide bonds. The Bertz CT molecular complexity index is 207. The minimum atomic E-state index is 0.848. The fourth-order valence-corrected chi connectivity index (χ4v) is 3.14. The van der Waals surface area contributed by atoms with Gasteiger partial charge in [0.1, 0.15) is 0 Å². The highest BCUT2D eigenvalue weighted by molar-refractivity contribution is 5.87. The molecule has 3 unspecified atom stereocenters. The van der Waals surface area contributed by atoms with E-state index < -0.39 is 0 Å². The largest absolute Gasteiger partial charge is 0.294 e. The maximum Gasteiger partial charge on any atom is 0.0417 e. The molecule has 2 rings (SSSR count). The number of nitrogens with zero attached hydrogens (tertiary/aromatic N) is 1. The third-order valence-corrected chi connectivity index (χ3v) is 3.92. The standard InChI is InChI=1S/C12H21N/c1-3-12-11-7-5-4-6-10(11)9(2)8-13-12/h9-11H,3-8H2,1-2H3. The lowest BCUT2D eigenvalue weighted by Gasteiger charge is -2.39. The molecule has 13 heavy (non-hydrogen) atoms. The summed E-state index contributed by atoms with van der Waals surface area (Å²) in [4.78, 5) is 4.73. The summed E-state index contributed by atoms with van der Waals surface area (Å²) in [6.45, 7) is 5.75. The fraction of sp³-hybridized carbons (Fsp3) is 0.917. The number of hydrogen-bond donors (Lipinski definition) is 0. The summed E-state index contributed by atoms with van der Waals surface area (Å²) in [6.07, 6.45) is 6.97. The number of rotatable bonds is 1. The van der Waals surface area contributed by atoms with Crippen molar-refractivity contribution in [2.24, 2.45) is 22.7 Å². The number of aliphatic imine (C=N–C) groups is 1. The van der Waals surface area contributed by atoms with Crippen molar-refractivity contribution in [3.8, 4) is 0 Å². The highest BCUT2D eigenvalue weighted by Crippen LogP contribution is 2.39. The van der Waals surface area contributed by atoms with Gasteiger partial charge in [-0.1, -0.05) is 26.7 Å². The molecule has 0 bridgehead atoms. The zero-order chi connectivity index (χ0) is 9.26. The minimum Gasteiger partial charge on any atom is -0.294 e. The van der Waals surface area contributed by atoms with Gasteiger partial charge in [-0.05, 0) is 37.0 Å². The molecule has 1 heterocycles. The maximum absolute atomic E-state index is 4.73. The Morgan fingerprint density at radius 2 is 2.08 bits per heavy atom. The van der Waals surface area contributed by atoms with Crippen LogP contribution in [0.2, 0.25) is 0 Å². The molecule has 0 aromatic rings. The van der Waals surface area contributed by atoms with Gasteiger partial charge in [0, 0.05) is 12.3 Å². The van der Waals surface area contributed by atoms with Crippen molar-refractivity contribution in [2.45, 2.75) is 46.0 Å². The lowest BCUT2D eigenvalue weighted by molar-refractivity contribution is 0.210. The Balaban J connectivity index is 2.15. The quantitative estimate of drug-likeness (QED) is 0.585. The first kappa shape index (κ1) is 9.23. The predicted molar refractivity (Wildman–Crippen MR) is 57.2 cm³/mol. The molecular weight excluding hydrogens is 158 g/mol. The Labute approximate surface area is 81.6 Å². The van der Waals surface area contributed by atoms with Gasteiger partial charge >= 0.3 is 0 Å². The van der Waals surface area contributed by atoms with E-state index in [0.717, 1.165) is 24.3 Å². The van der Waals surface area contributed by atoms with Gasteiger partial charge in [0.15, 0.2) is 0 Å². The van der Waals surface area contributed by atoms with Crippen molar-refractivity contribution < 1.29 is 0 Å². The summed E-state index contributed by atoms with van der Waals surface area (Å²) in [5.74, 6) is 2.68. The molecule has 0 radical (unpaired) electrons. The van der Waals surface area contributed by atoms with Crippen molar-refractivity contribution in [1.29, 1.82) is 0 Å². The molecule has 0 spiro atoms. The average molecular weight is 179 g/mol. The number of fused-ring (bicyclic) bond motifs is 1. The Morgan fingerprint density at radius 1 is 1.31 bits per heavy atom. The topological polar surface area (TPSA) is 12.4 Å². The summed E-state index contributed by atoms with van der Waals surface area (Å²) >= 11 is 0. The zero-order valence-electron chi connectivity index (χ0n) is 8.92. The van der Waals surface area contributed by atoms with Crippen molar-refractivity contribution in [3.05, 3.63) is 0 Å². The van der Waals surface area contributed by atoms with Crippen LogP contribution in [0.1, 0.15) is 46.0 Å². The van der Waals surface area contributed by atoms with Gasteiger partial charge in [-0.2, -0.15) is 0 Å². The van der Waals surface area contributed by atoms with E-state index in [1.807, 2.05) is 0 Å². The molecular formula is C12H21N. The normalized spacial score (nSPS) is 39.5. The zero-order valence-corrected chi connectivity index (χ0v) is 8.92. The van der Waals surface area contributed by atoms with Crippen molar-refractivity contribution >= 4 is 5.71 Å². The summed E-state index contributed by atoms with van der Waals surface area (Å²) in [5, 5.41) is 0. The summed E-state index contributed by atoms with van der Waals surface area (Å²) in [7, 11) is 0. The maximum atomic E-state index is 4.73. The van der Waals surface area contributed by atoms with Crippen LogP contribution in [0.5, 0.6) is 0 Å². The van der Waals surface area contributed by atoms with Crippen LogP contribution in [0.3, 0.4) is 0 Å². The molecule has 74 valence electrons. The van der Waals surface area contributed by atoms with Crippen LogP contribution in [0, 0.1) is 17.8 Å². The lowest BCUT2D eigenvalue weighted by atomic mass is 9.69. The molecule has 0 N–H and O–H groups in total. The molecule has 2 aliphatic rings. The summed E-state index contributed by atoms with van der Waals surface area (Å²) in [6, 6.07) is 0. The molecule has 1 aliphatic carbocycles. The van der Waals surface area contributed by atoms with Crippen molar-refractivity contribution in [2.75, 3.05) is 6.54 Å². The Kier molecular flexibility index (Phi) is 2.71. The van der Waals surface area contributed by atoms with Crippen molar-refractivity contribution in [3.63, 3.8) is 0 Å². The number of hydrogen-bond acceptors (Lipinski definition) is 1. The first-order valence-corrected chi connectivity index (χ1v) is 5.86. The molecule has 0 saturated heterocycles. The molecule has 1 aliphatic heterocycles. The Morgan fingerprint density at radius 3 is 2.85 bits per heavy atom. The highest BCUT2D eigenvalue weighted by Gasteiger charge is 2.34. The van der Waals surface area contributed by atoms with Gasteiger partial charge in [0.25, 0.3) is 0 Å². The van der Waals surface area contributed by atoms with E-state index in [2.05, 4.69) is 13.8 Å². The summed E-state index contributed by atoms with van der Waals surface area (Å²) < 4.78 is 0. The lowest BCUT2D eigenvalue weighted by Crippen LogP contribution is -2.36. The second-order valence-electron chi connectivity index (χ2n) is 4.72. The van der Waals surface area contributed by atoms with E-state index in [-0.39, 0.29) is 0 Å². The first-order valence-electron chi connectivity index (χ1n) is 5.86. The van der Waals surface area contributed by atoms with Gasteiger partial charge in [0.05, 0.1) is 0 Å². The van der Waals surface area contributed by atoms with E-state index >= 15 is 0 Å². The molecule has 1 heteroatoms. The highest BCUT2D eigenvalue weighted by atomic mass is 14.8. The van der Waals surface area contributed by atoms with Gasteiger partial charge < -0.3 is 0 Å². The van der Waals surface area contributed by atoms with Crippen LogP contribution >= 0.6 is 0 Å². The summed E-state index contributed by atoms with van der Waals surface area (Å²) in [5.41, 5.74) is 1.53. The van der Waals surface area contributed by atoms with Crippen LogP contribution in [0.15, 0.2) is 4.99 Å². The molecule has 1 nitrogen and oxygen atoms in total. The SMILES string of the molecule is CCC1=NCC(C)C2CCCCC12. The average Bonchev–Trinajstić information content (AvgIpc) is 2.19. The van der Waals surface area contributed by atoms with E-state index in [1.54, 1.807) is 0 Å². The monoisotopic (exact) mass is 179 g/mol. The van der Waals surface area contributed by atoms with Crippen LogP contribution in [-0.4, -0.2) is 12.3 Å². The fourth-order valence-electron chi connectivity index (χ4n) is 3.14. The third-order valence-electron chi connectivity index (χ3n) is 3.92. The van der Waals surface area contributed by atoms with Crippen molar-refractivity contribution in [1.82, 2.24) is 0 Å². The van der Waals surface area contributed by atoms with Crippen LogP contribution < -0.4 is 0 Å². The first-order chi connectivity index (χ1) is 6.33. The van der Waals surface area contributed by atoms with E-state index in [9.17, 15) is 0 Å². The Hall–Kier alpha value is -0.330. The molecule has 3 atom stereocenters. The minimum absolute atomic E-state index is 0.848. The molecule has 0 aromatic carbocycles. The smallest absolute Gasteiger partial charge is 0.0417 e. The molecule has 1 fully saturated rings.